The van der Waals surface area contributed by atoms with Gasteiger partial charge in [-0.05, 0) is 0 Å². The van der Waals surface area contributed by atoms with Gasteiger partial charge in [0.15, 0.2) is 0 Å². The van der Waals surface area contributed by atoms with E-state index in [0.29, 0.717) is 0 Å². The Morgan fingerprint density at radius 3 is 2.15 bits per heavy atom. The molecule has 0 saturated carbocycles. The van der Waals surface area contributed by atoms with E-state index in [1.54, 1.807) is 5.32 Å². The van der Waals surface area contributed by atoms with Crippen LogP contribution in [-0.2, 0) is 9.53 Å². The zero-order valence-corrected chi connectivity index (χ0v) is 6.51. The number of halogens is 3. The summed E-state index contributed by atoms with van der Waals surface area (Å²) in [7, 11) is 0.978. The van der Waals surface area contributed by atoms with Gasteiger partial charge >= 0.3 is 12.3 Å². The Morgan fingerprint density at radius 2 is 1.92 bits per heavy atom. The lowest BCUT2D eigenvalue weighted by Crippen LogP contribution is -2.46. The highest BCUT2D eigenvalue weighted by Crippen LogP contribution is 2.22. The summed E-state index contributed by atoms with van der Waals surface area (Å²) in [5.74, 6) is -1.48. The molecule has 0 aliphatic rings. The zero-order valence-electron chi connectivity index (χ0n) is 6.51. The quantitative estimate of drug-likeness (QED) is 0.645. The standard InChI is InChI=1S/C5H7F3N2O3/c1-10-3(11)2(5(6,7)8)13-4(9)12/h2H,1H3,(H2,9,12)(H,10,11). The Labute approximate surface area is 71.0 Å². The molecule has 0 aromatic heterocycles. The molecule has 0 aliphatic heterocycles. The molecule has 0 fully saturated rings. The highest BCUT2D eigenvalue weighted by molar-refractivity contribution is 5.83. The number of alkyl halides is 3. The van der Waals surface area contributed by atoms with Crippen molar-refractivity contribution in [1.29, 1.82) is 0 Å². The monoisotopic (exact) mass is 200 g/mol. The molecule has 0 aromatic carbocycles. The molecular formula is C5H7F3N2O3. The number of hydrogen-bond acceptors (Lipinski definition) is 3. The third kappa shape index (κ3) is 3.63. The number of rotatable bonds is 2. The maximum atomic E-state index is 11.9. The number of carbonyl (C=O) groups excluding carboxylic acids is 2. The van der Waals surface area contributed by atoms with E-state index in [-0.39, 0.29) is 0 Å². The zero-order chi connectivity index (χ0) is 10.6. The fourth-order valence-electron chi connectivity index (χ4n) is 0.516. The molecule has 2 amide bonds. The SMILES string of the molecule is CNC(=O)C(OC(N)=O)C(F)(F)F. The van der Waals surface area contributed by atoms with Crippen LogP contribution in [0, 0.1) is 0 Å². The molecule has 5 nitrogen and oxygen atoms in total. The van der Waals surface area contributed by atoms with Crippen molar-refractivity contribution in [2.24, 2.45) is 5.73 Å². The Morgan fingerprint density at radius 1 is 1.46 bits per heavy atom. The lowest BCUT2D eigenvalue weighted by atomic mass is 10.3. The lowest BCUT2D eigenvalue weighted by molar-refractivity contribution is -0.204. The Balaban J connectivity index is 4.56. The van der Waals surface area contributed by atoms with Gasteiger partial charge in [0.1, 0.15) is 0 Å². The van der Waals surface area contributed by atoms with Gasteiger partial charge in [0, 0.05) is 7.05 Å². The summed E-state index contributed by atoms with van der Waals surface area (Å²) >= 11 is 0. The second-order valence-corrected chi connectivity index (χ2v) is 1.97. The Kier molecular flexibility index (Phi) is 3.52. The van der Waals surface area contributed by atoms with Crippen molar-refractivity contribution >= 4 is 12.0 Å². The van der Waals surface area contributed by atoms with Crippen LogP contribution in [0.2, 0.25) is 0 Å². The maximum absolute atomic E-state index is 11.9. The van der Waals surface area contributed by atoms with Gasteiger partial charge < -0.3 is 15.8 Å². The molecule has 1 atom stereocenters. The normalized spacial score (nSPS) is 13.2. The summed E-state index contributed by atoms with van der Waals surface area (Å²) in [6, 6.07) is 0. The predicted molar refractivity (Wildman–Crippen MR) is 34.6 cm³/mol. The van der Waals surface area contributed by atoms with Crippen LogP contribution < -0.4 is 11.1 Å². The fourth-order valence-corrected chi connectivity index (χ4v) is 0.516. The second-order valence-electron chi connectivity index (χ2n) is 1.97. The molecule has 3 N–H and O–H groups in total. The van der Waals surface area contributed by atoms with E-state index in [4.69, 9.17) is 0 Å². The fraction of sp³-hybridized carbons (Fsp3) is 0.600. The number of nitrogens with one attached hydrogen (secondary N) is 1. The summed E-state index contributed by atoms with van der Waals surface area (Å²) < 4.78 is 39.3. The highest BCUT2D eigenvalue weighted by Gasteiger charge is 2.47. The van der Waals surface area contributed by atoms with E-state index >= 15 is 0 Å². The number of nitrogens with two attached hydrogens (primary N) is 1. The largest absolute Gasteiger partial charge is 0.434 e. The first kappa shape index (κ1) is 11.5. The van der Waals surface area contributed by atoms with Gasteiger partial charge in [-0.15, -0.1) is 0 Å². The Hall–Kier alpha value is -1.47. The van der Waals surface area contributed by atoms with Crippen LogP contribution in [0.1, 0.15) is 0 Å². The number of primary amides is 1. The molecule has 0 spiro atoms. The number of likely N-dealkylation sites (N-methyl/N-ethyl adjacent to an activating group) is 1. The average molecular weight is 200 g/mol. The first-order chi connectivity index (χ1) is 5.79. The average Bonchev–Trinajstić information content (AvgIpc) is 1.96. The first-order valence-electron chi connectivity index (χ1n) is 3.03. The van der Waals surface area contributed by atoms with Crippen LogP contribution in [-0.4, -0.2) is 31.3 Å². The van der Waals surface area contributed by atoms with Gasteiger partial charge in [-0.25, -0.2) is 4.79 Å². The van der Waals surface area contributed by atoms with Gasteiger partial charge in [-0.3, -0.25) is 4.79 Å². The minimum atomic E-state index is -4.96. The molecular weight excluding hydrogens is 193 g/mol. The number of carbonyl (C=O) groups is 2. The van der Waals surface area contributed by atoms with E-state index in [2.05, 4.69) is 10.5 Å². The van der Waals surface area contributed by atoms with Crippen molar-refractivity contribution in [1.82, 2.24) is 5.32 Å². The summed E-state index contributed by atoms with van der Waals surface area (Å²) in [6.07, 6.45) is -9.48. The van der Waals surface area contributed by atoms with Crippen molar-refractivity contribution < 1.29 is 27.5 Å². The molecule has 0 rings (SSSR count). The van der Waals surface area contributed by atoms with E-state index in [0.717, 1.165) is 7.05 Å². The molecule has 0 aromatic rings. The molecule has 1 unspecified atom stereocenters. The molecule has 0 radical (unpaired) electrons. The second kappa shape index (κ2) is 3.97. The van der Waals surface area contributed by atoms with Gasteiger partial charge in [0.25, 0.3) is 12.0 Å². The summed E-state index contributed by atoms with van der Waals surface area (Å²) in [5, 5.41) is 1.69. The van der Waals surface area contributed by atoms with Crippen LogP contribution in [0.5, 0.6) is 0 Å². The van der Waals surface area contributed by atoms with Gasteiger partial charge in [-0.1, -0.05) is 0 Å². The van der Waals surface area contributed by atoms with Crippen molar-refractivity contribution in [3.05, 3.63) is 0 Å². The van der Waals surface area contributed by atoms with Crippen molar-refractivity contribution in [3.8, 4) is 0 Å². The maximum Gasteiger partial charge on any atom is 0.434 e. The number of ether oxygens (including phenoxy) is 1. The number of hydrogen-bond donors (Lipinski definition) is 2. The summed E-state index contributed by atoms with van der Waals surface area (Å²) in [6.45, 7) is 0. The first-order valence-corrected chi connectivity index (χ1v) is 3.03. The molecule has 0 aliphatic carbocycles. The van der Waals surface area contributed by atoms with E-state index < -0.39 is 24.3 Å². The van der Waals surface area contributed by atoms with Crippen molar-refractivity contribution in [2.45, 2.75) is 12.3 Å². The Bertz CT molecular complexity index is 216. The third-order valence-electron chi connectivity index (χ3n) is 1.02. The third-order valence-corrected chi connectivity index (χ3v) is 1.02. The predicted octanol–water partition coefficient (Wildman–Crippen LogP) is -0.241. The van der Waals surface area contributed by atoms with Crippen molar-refractivity contribution in [2.75, 3.05) is 7.05 Å². The summed E-state index contributed by atoms with van der Waals surface area (Å²) in [4.78, 5) is 20.5. The molecule has 8 heteroatoms. The van der Waals surface area contributed by atoms with Crippen LogP contribution >= 0.6 is 0 Å². The van der Waals surface area contributed by atoms with E-state index in [1.165, 1.54) is 0 Å². The molecule has 0 saturated heterocycles. The van der Waals surface area contributed by atoms with E-state index in [1.807, 2.05) is 0 Å². The van der Waals surface area contributed by atoms with Crippen LogP contribution in [0.15, 0.2) is 0 Å². The molecule has 13 heavy (non-hydrogen) atoms. The highest BCUT2D eigenvalue weighted by atomic mass is 19.4. The minimum Gasteiger partial charge on any atom is -0.426 e. The lowest BCUT2D eigenvalue weighted by Gasteiger charge is -2.17. The van der Waals surface area contributed by atoms with Crippen LogP contribution in [0.3, 0.4) is 0 Å². The smallest absolute Gasteiger partial charge is 0.426 e. The van der Waals surface area contributed by atoms with Gasteiger partial charge in [-0.2, -0.15) is 13.2 Å². The van der Waals surface area contributed by atoms with Crippen LogP contribution in [0.25, 0.3) is 0 Å². The molecule has 0 bridgehead atoms. The van der Waals surface area contributed by atoms with Crippen LogP contribution in [0.4, 0.5) is 18.0 Å². The topological polar surface area (TPSA) is 81.4 Å². The van der Waals surface area contributed by atoms with Crippen molar-refractivity contribution in [3.63, 3.8) is 0 Å². The number of amides is 2. The molecule has 0 heterocycles. The van der Waals surface area contributed by atoms with Gasteiger partial charge in [0.05, 0.1) is 0 Å². The minimum absolute atomic E-state index is 0.978. The van der Waals surface area contributed by atoms with E-state index in [9.17, 15) is 22.8 Å². The molecule has 76 valence electrons. The van der Waals surface area contributed by atoms with Gasteiger partial charge in [0.2, 0.25) is 0 Å². The summed E-state index contributed by atoms with van der Waals surface area (Å²) in [5.41, 5.74) is 4.34.